The van der Waals surface area contributed by atoms with Crippen LogP contribution < -0.4 is 5.32 Å². The number of nitrogens with one attached hydrogen (secondary N) is 1. The van der Waals surface area contributed by atoms with Gasteiger partial charge in [0.15, 0.2) is 6.04 Å². The molecule has 2 N–H and O–H groups in total. The Labute approximate surface area is 108 Å². The molecule has 0 aliphatic rings. The number of carbonyl (C=O) groups is 2. The van der Waals surface area contributed by atoms with Gasteiger partial charge >= 0.3 is 5.97 Å². The molecule has 0 aliphatic heterocycles. The third kappa shape index (κ3) is 3.64. The van der Waals surface area contributed by atoms with Crippen LogP contribution in [0.2, 0.25) is 5.28 Å². The maximum Gasteiger partial charge on any atom is 0.330 e. The Morgan fingerprint density at radius 2 is 2.22 bits per heavy atom. The van der Waals surface area contributed by atoms with Crippen molar-refractivity contribution in [3.8, 4) is 0 Å². The van der Waals surface area contributed by atoms with Crippen LogP contribution in [0, 0.1) is 6.92 Å². The average Bonchev–Trinajstić information content (AvgIpc) is 2.33. The molecule has 18 heavy (non-hydrogen) atoms. The lowest BCUT2D eigenvalue weighted by Gasteiger charge is -2.13. The number of esters is 1. The van der Waals surface area contributed by atoms with E-state index in [4.69, 9.17) is 16.7 Å². The minimum atomic E-state index is -1.14. The van der Waals surface area contributed by atoms with E-state index in [1.54, 1.807) is 6.92 Å². The molecular formula is C10H12ClN3O4. The van der Waals surface area contributed by atoms with E-state index in [1.807, 2.05) is 0 Å². The lowest BCUT2D eigenvalue weighted by atomic mass is 10.2. The minimum absolute atomic E-state index is 0.00912. The van der Waals surface area contributed by atoms with Crippen molar-refractivity contribution in [2.75, 3.05) is 13.7 Å². The maximum absolute atomic E-state index is 11.8. The third-order valence-corrected chi connectivity index (χ3v) is 2.20. The molecule has 0 aromatic carbocycles. The molecule has 7 nitrogen and oxygen atoms in total. The number of aryl methyl sites for hydroxylation is 1. The van der Waals surface area contributed by atoms with E-state index in [1.165, 1.54) is 6.07 Å². The van der Waals surface area contributed by atoms with E-state index in [9.17, 15) is 9.59 Å². The number of rotatable bonds is 4. The molecule has 98 valence electrons. The van der Waals surface area contributed by atoms with Crippen LogP contribution in [0.25, 0.3) is 0 Å². The van der Waals surface area contributed by atoms with Crippen molar-refractivity contribution in [2.45, 2.75) is 13.0 Å². The minimum Gasteiger partial charge on any atom is -0.467 e. The van der Waals surface area contributed by atoms with Gasteiger partial charge < -0.3 is 15.2 Å². The van der Waals surface area contributed by atoms with Crippen LogP contribution in [0.4, 0.5) is 0 Å². The lowest BCUT2D eigenvalue weighted by molar-refractivity contribution is -0.143. The molecule has 0 spiro atoms. The van der Waals surface area contributed by atoms with Crippen LogP contribution in [-0.2, 0) is 9.53 Å². The number of aliphatic hydroxyl groups is 1. The summed E-state index contributed by atoms with van der Waals surface area (Å²) in [5, 5.41) is 11.2. The Balaban J connectivity index is 2.84. The first kappa shape index (κ1) is 14.3. The predicted octanol–water partition coefficient (Wildman–Crippen LogP) is -0.298. The van der Waals surface area contributed by atoms with Crippen molar-refractivity contribution in [2.24, 2.45) is 0 Å². The van der Waals surface area contributed by atoms with Gasteiger partial charge in [-0.3, -0.25) is 4.79 Å². The number of nitrogens with zero attached hydrogens (tertiary/aromatic N) is 2. The average molecular weight is 274 g/mol. The largest absolute Gasteiger partial charge is 0.467 e. The topological polar surface area (TPSA) is 101 Å². The van der Waals surface area contributed by atoms with Gasteiger partial charge in [-0.2, -0.15) is 0 Å². The number of methoxy groups -OCH3 is 1. The fourth-order valence-electron chi connectivity index (χ4n) is 1.20. The standard InChI is InChI=1S/C10H12ClN3O4/c1-5-3-6(14-10(11)12-5)8(16)13-7(4-15)9(17)18-2/h3,7,15H,4H2,1-2H3,(H,13,16). The van der Waals surface area contributed by atoms with Gasteiger partial charge in [0.05, 0.1) is 13.7 Å². The number of hydrogen-bond acceptors (Lipinski definition) is 6. The molecular weight excluding hydrogens is 262 g/mol. The number of amides is 1. The second-order valence-corrected chi connectivity index (χ2v) is 3.73. The molecule has 0 fully saturated rings. The van der Waals surface area contributed by atoms with E-state index >= 15 is 0 Å². The molecule has 8 heteroatoms. The van der Waals surface area contributed by atoms with Gasteiger partial charge in [0.2, 0.25) is 5.28 Å². The molecule has 1 aromatic rings. The molecule has 1 aromatic heterocycles. The number of halogens is 1. The SMILES string of the molecule is COC(=O)C(CO)NC(=O)c1cc(C)nc(Cl)n1. The fraction of sp³-hybridized carbons (Fsp3) is 0.400. The lowest BCUT2D eigenvalue weighted by Crippen LogP contribution is -2.44. The Morgan fingerprint density at radius 3 is 2.72 bits per heavy atom. The Bertz CT molecular complexity index is 446. The second kappa shape index (κ2) is 6.27. The molecule has 0 radical (unpaired) electrons. The molecule has 0 bridgehead atoms. The van der Waals surface area contributed by atoms with Crippen LogP contribution in [-0.4, -0.2) is 46.7 Å². The van der Waals surface area contributed by atoms with E-state index in [0.717, 1.165) is 7.11 Å². The first-order valence-corrected chi connectivity index (χ1v) is 5.36. The van der Waals surface area contributed by atoms with Crippen molar-refractivity contribution >= 4 is 23.5 Å². The third-order valence-electron chi connectivity index (χ3n) is 2.03. The molecule has 1 unspecified atom stereocenters. The van der Waals surface area contributed by atoms with E-state index < -0.39 is 24.5 Å². The molecule has 0 saturated heterocycles. The van der Waals surface area contributed by atoms with Crippen LogP contribution in [0.3, 0.4) is 0 Å². The highest BCUT2D eigenvalue weighted by Crippen LogP contribution is 2.05. The zero-order valence-electron chi connectivity index (χ0n) is 9.81. The highest BCUT2D eigenvalue weighted by atomic mass is 35.5. The zero-order chi connectivity index (χ0) is 13.7. The highest BCUT2D eigenvalue weighted by molar-refractivity contribution is 6.28. The molecule has 0 saturated carbocycles. The fourth-order valence-corrected chi connectivity index (χ4v) is 1.43. The van der Waals surface area contributed by atoms with Gasteiger partial charge in [0.1, 0.15) is 5.69 Å². The van der Waals surface area contributed by atoms with Gasteiger partial charge in [-0.05, 0) is 24.6 Å². The number of carbonyl (C=O) groups excluding carboxylic acids is 2. The Kier molecular flexibility index (Phi) is 4.99. The quantitative estimate of drug-likeness (QED) is 0.577. The van der Waals surface area contributed by atoms with Gasteiger partial charge in [-0.25, -0.2) is 14.8 Å². The molecule has 1 atom stereocenters. The number of aromatic nitrogens is 2. The van der Waals surface area contributed by atoms with Crippen molar-refractivity contribution in [3.05, 3.63) is 22.7 Å². The van der Waals surface area contributed by atoms with Crippen LogP contribution in [0.15, 0.2) is 6.07 Å². The zero-order valence-corrected chi connectivity index (χ0v) is 10.6. The summed E-state index contributed by atoms with van der Waals surface area (Å²) < 4.78 is 4.41. The van der Waals surface area contributed by atoms with E-state index in [2.05, 4.69) is 20.0 Å². The molecule has 1 heterocycles. The van der Waals surface area contributed by atoms with Crippen molar-refractivity contribution in [1.29, 1.82) is 0 Å². The Morgan fingerprint density at radius 1 is 1.56 bits per heavy atom. The van der Waals surface area contributed by atoms with Crippen LogP contribution >= 0.6 is 11.6 Å². The predicted molar refractivity (Wildman–Crippen MR) is 62.1 cm³/mol. The smallest absolute Gasteiger partial charge is 0.330 e. The summed E-state index contributed by atoms with van der Waals surface area (Å²) in [7, 11) is 1.16. The second-order valence-electron chi connectivity index (χ2n) is 3.40. The summed E-state index contributed by atoms with van der Waals surface area (Å²) in [6.07, 6.45) is 0. The summed E-state index contributed by atoms with van der Waals surface area (Å²) >= 11 is 5.61. The molecule has 1 rings (SSSR count). The highest BCUT2D eigenvalue weighted by Gasteiger charge is 2.22. The first-order valence-electron chi connectivity index (χ1n) is 4.98. The van der Waals surface area contributed by atoms with E-state index in [0.29, 0.717) is 5.69 Å². The number of aliphatic hydroxyl groups excluding tert-OH is 1. The van der Waals surface area contributed by atoms with Crippen molar-refractivity contribution in [3.63, 3.8) is 0 Å². The molecule has 1 amide bonds. The molecule has 0 aliphatic carbocycles. The monoisotopic (exact) mass is 273 g/mol. The van der Waals surface area contributed by atoms with Gasteiger partial charge in [0, 0.05) is 5.69 Å². The summed E-state index contributed by atoms with van der Waals surface area (Å²) in [5.41, 5.74) is 0.522. The number of ether oxygens (including phenoxy) is 1. The Hall–Kier alpha value is -1.73. The summed E-state index contributed by atoms with van der Waals surface area (Å²) in [4.78, 5) is 30.5. The van der Waals surface area contributed by atoms with Crippen LogP contribution in [0.5, 0.6) is 0 Å². The van der Waals surface area contributed by atoms with Gasteiger partial charge in [0.25, 0.3) is 5.91 Å². The van der Waals surface area contributed by atoms with Crippen molar-refractivity contribution < 1.29 is 19.4 Å². The summed E-state index contributed by atoms with van der Waals surface area (Å²) in [6, 6.07) is 0.268. The summed E-state index contributed by atoms with van der Waals surface area (Å²) in [6.45, 7) is 1.07. The normalized spacial score (nSPS) is 11.8. The number of hydrogen-bond donors (Lipinski definition) is 2. The first-order chi connectivity index (χ1) is 8.47. The van der Waals surface area contributed by atoms with Gasteiger partial charge in [-0.1, -0.05) is 0 Å². The van der Waals surface area contributed by atoms with Gasteiger partial charge in [-0.15, -0.1) is 0 Å². The van der Waals surface area contributed by atoms with Crippen molar-refractivity contribution in [1.82, 2.24) is 15.3 Å². The van der Waals surface area contributed by atoms with E-state index in [-0.39, 0.29) is 11.0 Å². The summed E-state index contributed by atoms with van der Waals surface area (Å²) in [5.74, 6) is -1.39. The van der Waals surface area contributed by atoms with Crippen LogP contribution in [0.1, 0.15) is 16.2 Å². The maximum atomic E-state index is 11.8.